The molecule has 0 aliphatic carbocycles. The minimum atomic E-state index is 0. The Morgan fingerprint density at radius 2 is 1.70 bits per heavy atom. The number of hydrogen-bond acceptors (Lipinski definition) is 3. The molecule has 1 aliphatic rings. The Balaban J connectivity index is 0.00000242. The quantitative estimate of drug-likeness (QED) is 0.512. The number of benzene rings is 1. The van der Waals surface area contributed by atoms with Crippen molar-refractivity contribution in [1.29, 1.82) is 0 Å². The number of phenols is 1. The van der Waals surface area contributed by atoms with E-state index in [1.807, 2.05) is 6.07 Å². The minimum Gasteiger partial charge on any atom is -0.506 e. The second-order valence-electron chi connectivity index (χ2n) is 5.85. The summed E-state index contributed by atoms with van der Waals surface area (Å²) in [6.45, 7) is 8.60. The first-order valence-corrected chi connectivity index (χ1v) is 9.60. The maximum atomic E-state index is 10.2. The van der Waals surface area contributed by atoms with E-state index in [4.69, 9.17) is 0 Å². The molecule has 1 fully saturated rings. The van der Waals surface area contributed by atoms with Gasteiger partial charge in [0, 0.05) is 42.3 Å². The maximum Gasteiger partial charge on any atom is 0.144 e. The van der Waals surface area contributed by atoms with Crippen LogP contribution in [0.3, 0.4) is 0 Å². The molecule has 3 nitrogen and oxygen atoms in total. The van der Waals surface area contributed by atoms with E-state index in [0.717, 1.165) is 47.1 Å². The molecule has 2 N–H and O–H groups in total. The molecule has 0 radical (unpaired) electrons. The summed E-state index contributed by atoms with van der Waals surface area (Å²) in [5, 5.41) is 13.6. The van der Waals surface area contributed by atoms with Crippen LogP contribution in [0.5, 0.6) is 5.75 Å². The van der Waals surface area contributed by atoms with E-state index < -0.39 is 0 Å². The van der Waals surface area contributed by atoms with Crippen molar-refractivity contribution in [2.24, 2.45) is 5.92 Å². The number of hydrogen-bond donors (Lipinski definition) is 2. The summed E-state index contributed by atoms with van der Waals surface area (Å²) in [5.74, 6) is 0.867. The number of halogens is 5. The maximum absolute atomic E-state index is 10.2. The number of piperazine rings is 1. The summed E-state index contributed by atoms with van der Waals surface area (Å²) in [6.07, 6.45) is 1.07. The number of phenolic OH excluding ortho intramolecular Hbond substituents is 1. The summed E-state index contributed by atoms with van der Waals surface area (Å²) in [7, 11) is 0. The van der Waals surface area contributed by atoms with Gasteiger partial charge < -0.3 is 10.4 Å². The Bertz CT molecular complexity index is 512. The monoisotopic (exact) mass is 554 g/mol. The first-order valence-electron chi connectivity index (χ1n) is 7.23. The minimum absolute atomic E-state index is 0. The molecular weight excluding hydrogens is 535 g/mol. The van der Waals surface area contributed by atoms with Crippen molar-refractivity contribution in [1.82, 2.24) is 10.2 Å². The molecule has 1 saturated heterocycles. The Labute approximate surface area is 176 Å². The number of nitrogens with zero attached hydrogens (tertiary/aromatic N) is 1. The molecule has 2 rings (SSSR count). The Kier molecular flexibility index (Phi) is 11.3. The fourth-order valence-electron chi connectivity index (χ4n) is 2.79. The van der Waals surface area contributed by atoms with Gasteiger partial charge in [-0.2, -0.15) is 0 Å². The van der Waals surface area contributed by atoms with Crippen LogP contribution in [-0.4, -0.2) is 36.2 Å². The van der Waals surface area contributed by atoms with Crippen LogP contribution < -0.4 is 5.32 Å². The average molecular weight is 558 g/mol. The van der Waals surface area contributed by atoms with Gasteiger partial charge in [0.2, 0.25) is 0 Å². The summed E-state index contributed by atoms with van der Waals surface area (Å²) in [6, 6.07) is 2.24. The third-order valence-electron chi connectivity index (χ3n) is 3.80. The molecule has 134 valence electrons. The molecule has 23 heavy (non-hydrogen) atoms. The molecule has 8 heteroatoms. The zero-order valence-corrected chi connectivity index (χ0v) is 19.5. The van der Waals surface area contributed by atoms with Crippen molar-refractivity contribution >= 4 is 72.6 Å². The normalized spacial score (nSPS) is 16.6. The molecule has 0 spiro atoms. The second-order valence-corrected chi connectivity index (χ2v) is 8.35. The van der Waals surface area contributed by atoms with Crippen LogP contribution in [0.2, 0.25) is 0 Å². The lowest BCUT2D eigenvalue weighted by atomic mass is 9.95. The van der Waals surface area contributed by atoms with Crippen LogP contribution in [0, 0.1) is 5.92 Å². The molecule has 1 aromatic carbocycles. The average Bonchev–Trinajstić information content (AvgIpc) is 2.44. The topological polar surface area (TPSA) is 35.5 Å². The van der Waals surface area contributed by atoms with Gasteiger partial charge >= 0.3 is 0 Å². The van der Waals surface area contributed by atoms with Crippen LogP contribution in [0.4, 0.5) is 0 Å². The highest BCUT2D eigenvalue weighted by molar-refractivity contribution is 9.11. The van der Waals surface area contributed by atoms with Crippen molar-refractivity contribution in [3.63, 3.8) is 0 Å². The van der Waals surface area contributed by atoms with Crippen LogP contribution in [0.1, 0.15) is 31.9 Å². The molecule has 0 amide bonds. The summed E-state index contributed by atoms with van der Waals surface area (Å²) in [5.41, 5.74) is 1.14. The molecule has 0 bridgehead atoms. The largest absolute Gasteiger partial charge is 0.506 e. The van der Waals surface area contributed by atoms with E-state index in [2.05, 4.69) is 71.9 Å². The molecule has 0 saturated carbocycles. The number of aromatic hydroxyl groups is 1. The van der Waals surface area contributed by atoms with Gasteiger partial charge in [-0.15, -0.1) is 24.8 Å². The van der Waals surface area contributed by atoms with E-state index in [-0.39, 0.29) is 30.6 Å². The molecule has 1 heterocycles. The van der Waals surface area contributed by atoms with E-state index in [9.17, 15) is 5.11 Å². The predicted molar refractivity (Wildman–Crippen MR) is 112 cm³/mol. The van der Waals surface area contributed by atoms with Gasteiger partial charge in [-0.3, -0.25) is 4.90 Å². The van der Waals surface area contributed by atoms with Crippen LogP contribution in [0.15, 0.2) is 19.5 Å². The highest BCUT2D eigenvalue weighted by Crippen LogP contribution is 2.45. The second kappa shape index (κ2) is 10.8. The van der Waals surface area contributed by atoms with Crippen molar-refractivity contribution < 1.29 is 5.11 Å². The van der Waals surface area contributed by atoms with Crippen LogP contribution >= 0.6 is 72.6 Å². The summed E-state index contributed by atoms with van der Waals surface area (Å²) in [4.78, 5) is 2.51. The molecule has 0 aromatic heterocycles. The fraction of sp³-hybridized carbons (Fsp3) is 0.600. The van der Waals surface area contributed by atoms with E-state index >= 15 is 0 Å². The first kappa shape index (κ1) is 24.0. The van der Waals surface area contributed by atoms with Crippen LogP contribution in [0.25, 0.3) is 0 Å². The predicted octanol–water partition coefficient (Wildman–Crippen LogP) is 5.52. The van der Waals surface area contributed by atoms with E-state index in [1.54, 1.807) is 0 Å². The summed E-state index contributed by atoms with van der Waals surface area (Å²) < 4.78 is 2.52. The zero-order chi connectivity index (χ0) is 15.6. The van der Waals surface area contributed by atoms with Crippen molar-refractivity contribution in [2.75, 3.05) is 26.2 Å². The van der Waals surface area contributed by atoms with Crippen molar-refractivity contribution in [3.05, 3.63) is 25.0 Å². The SMILES string of the molecule is CC(C)C[C@H](c1c(Br)cc(Br)c(O)c1Br)N1CCNCC1.Cl.Cl. The number of rotatable bonds is 4. The fourth-order valence-corrected chi connectivity index (χ4v) is 5.44. The smallest absolute Gasteiger partial charge is 0.144 e. The van der Waals surface area contributed by atoms with Crippen molar-refractivity contribution in [3.8, 4) is 5.75 Å². The Hall–Kier alpha value is 0.960. The van der Waals surface area contributed by atoms with Gasteiger partial charge in [0.15, 0.2) is 0 Å². The van der Waals surface area contributed by atoms with Crippen molar-refractivity contribution in [2.45, 2.75) is 26.3 Å². The highest BCUT2D eigenvalue weighted by atomic mass is 79.9. The lowest BCUT2D eigenvalue weighted by Gasteiger charge is -2.37. The third kappa shape index (κ3) is 6.01. The Morgan fingerprint density at radius 1 is 1.13 bits per heavy atom. The van der Waals surface area contributed by atoms with Gasteiger partial charge in [0.1, 0.15) is 5.75 Å². The highest BCUT2D eigenvalue weighted by Gasteiger charge is 2.28. The lowest BCUT2D eigenvalue weighted by Crippen LogP contribution is -2.45. The van der Waals surface area contributed by atoms with E-state index in [0.29, 0.717) is 16.4 Å². The third-order valence-corrected chi connectivity index (χ3v) is 5.86. The van der Waals surface area contributed by atoms with Gasteiger partial charge in [-0.05, 0) is 50.3 Å². The lowest BCUT2D eigenvalue weighted by molar-refractivity contribution is 0.153. The molecule has 1 aliphatic heterocycles. The first-order chi connectivity index (χ1) is 9.91. The van der Waals surface area contributed by atoms with E-state index in [1.165, 1.54) is 0 Å². The molecule has 1 atom stereocenters. The van der Waals surface area contributed by atoms with Crippen LogP contribution in [-0.2, 0) is 0 Å². The van der Waals surface area contributed by atoms with Gasteiger partial charge in [-0.25, -0.2) is 0 Å². The number of nitrogens with one attached hydrogen (secondary N) is 1. The zero-order valence-electron chi connectivity index (χ0n) is 13.1. The van der Waals surface area contributed by atoms with Gasteiger partial charge in [0.05, 0.1) is 8.95 Å². The van der Waals surface area contributed by atoms with Gasteiger partial charge in [0.25, 0.3) is 0 Å². The van der Waals surface area contributed by atoms with Gasteiger partial charge in [-0.1, -0.05) is 29.8 Å². The summed E-state index contributed by atoms with van der Waals surface area (Å²) >= 11 is 10.7. The molecular formula is C15H23Br3Cl2N2O. The molecule has 0 unspecified atom stereocenters. The molecule has 1 aromatic rings. The Morgan fingerprint density at radius 3 is 2.22 bits per heavy atom. The standard InChI is InChI=1S/C15H21Br3N2O.2ClH/c1-9(2)7-12(20-5-3-19-4-6-20)13-10(16)8-11(17)15(21)14(13)18;;/h8-9,12,19,21H,3-7H2,1-2H3;2*1H/t12-;;/m1../s1.